The van der Waals surface area contributed by atoms with Crippen LogP contribution < -0.4 is 4.74 Å². The molecule has 0 bridgehead atoms. The van der Waals surface area contributed by atoms with E-state index in [-0.39, 0.29) is 16.9 Å². The molecule has 92 valence electrons. The molecule has 1 aromatic carbocycles. The van der Waals surface area contributed by atoms with Gasteiger partial charge in [-0.05, 0) is 30.7 Å². The zero-order valence-electron chi connectivity index (χ0n) is 9.33. The Morgan fingerprint density at radius 2 is 2.00 bits per heavy atom. The molecule has 18 heavy (non-hydrogen) atoms. The Morgan fingerprint density at radius 3 is 2.61 bits per heavy atom. The maximum absolute atomic E-state index is 10.8. The topological polar surface area (TPSA) is 78.2 Å². The molecule has 0 amide bonds. The van der Waals surface area contributed by atoms with E-state index in [2.05, 4.69) is 9.97 Å². The zero-order valence-corrected chi connectivity index (χ0v) is 10.1. The number of nitro groups is 1. The third kappa shape index (κ3) is 2.72. The van der Waals surface area contributed by atoms with E-state index in [1.54, 1.807) is 12.1 Å². The Hall–Kier alpha value is -2.21. The summed E-state index contributed by atoms with van der Waals surface area (Å²) in [6.45, 7) is 1.92. The van der Waals surface area contributed by atoms with Crippen molar-refractivity contribution in [2.45, 2.75) is 6.92 Å². The molecule has 0 radical (unpaired) electrons. The number of halogens is 1. The van der Waals surface area contributed by atoms with Crippen LogP contribution in [-0.4, -0.2) is 14.9 Å². The van der Waals surface area contributed by atoms with E-state index >= 15 is 0 Å². The minimum absolute atomic E-state index is 0.109. The van der Waals surface area contributed by atoms with Crippen LogP contribution in [0, 0.1) is 17.0 Å². The van der Waals surface area contributed by atoms with E-state index in [9.17, 15) is 10.1 Å². The summed E-state index contributed by atoms with van der Waals surface area (Å²) in [4.78, 5) is 17.4. The fourth-order valence-electron chi connectivity index (χ4n) is 1.26. The van der Waals surface area contributed by atoms with Crippen LogP contribution >= 0.6 is 11.6 Å². The Balaban J connectivity index is 2.35. The van der Waals surface area contributed by atoms with Gasteiger partial charge in [0.2, 0.25) is 5.28 Å². The number of aromatic nitrogens is 2. The summed E-state index contributed by atoms with van der Waals surface area (Å²) in [5.74, 6) is 0.266. The monoisotopic (exact) mass is 265 g/mol. The van der Waals surface area contributed by atoms with Gasteiger partial charge in [-0.25, -0.2) is 4.98 Å². The lowest BCUT2D eigenvalue weighted by Gasteiger charge is -2.05. The fourth-order valence-corrected chi connectivity index (χ4v) is 1.38. The van der Waals surface area contributed by atoms with Crippen molar-refractivity contribution in [3.63, 3.8) is 0 Å². The highest BCUT2D eigenvalue weighted by molar-refractivity contribution is 6.28. The molecule has 2 aromatic rings. The quantitative estimate of drug-likeness (QED) is 0.484. The van der Waals surface area contributed by atoms with Gasteiger partial charge in [-0.15, -0.1) is 0 Å². The highest BCUT2D eigenvalue weighted by atomic mass is 35.5. The summed E-state index contributed by atoms with van der Waals surface area (Å²) in [6.07, 6.45) is 1.01. The summed E-state index contributed by atoms with van der Waals surface area (Å²) >= 11 is 5.59. The largest absolute Gasteiger partial charge is 0.434 e. The molecule has 0 fully saturated rings. The molecule has 0 spiro atoms. The van der Waals surface area contributed by atoms with Gasteiger partial charge in [0.25, 0.3) is 0 Å². The van der Waals surface area contributed by atoms with Gasteiger partial charge in [0, 0.05) is 0 Å². The van der Waals surface area contributed by atoms with E-state index in [0.29, 0.717) is 5.75 Å². The first-order valence-corrected chi connectivity index (χ1v) is 5.35. The first-order valence-electron chi connectivity index (χ1n) is 4.98. The first kappa shape index (κ1) is 12.3. The van der Waals surface area contributed by atoms with E-state index in [4.69, 9.17) is 16.3 Å². The molecule has 0 N–H and O–H groups in total. The minimum Gasteiger partial charge on any atom is -0.434 e. The van der Waals surface area contributed by atoms with Crippen LogP contribution in [0.25, 0.3) is 0 Å². The molecule has 0 atom stereocenters. The zero-order chi connectivity index (χ0) is 13.1. The Bertz CT molecular complexity index is 587. The molecule has 0 aliphatic carbocycles. The summed E-state index contributed by atoms with van der Waals surface area (Å²) in [5.41, 5.74) is 0.720. The van der Waals surface area contributed by atoms with Crippen molar-refractivity contribution in [1.29, 1.82) is 0 Å². The second-order valence-corrected chi connectivity index (χ2v) is 3.84. The molecule has 0 saturated carbocycles. The molecule has 1 heterocycles. The van der Waals surface area contributed by atoms with E-state index < -0.39 is 4.92 Å². The normalized spacial score (nSPS) is 10.1. The summed E-state index contributed by atoms with van der Waals surface area (Å²) in [7, 11) is 0. The molecule has 0 unspecified atom stereocenters. The number of benzene rings is 1. The van der Waals surface area contributed by atoms with Crippen molar-refractivity contribution >= 4 is 17.3 Å². The molecule has 1 aromatic heterocycles. The van der Waals surface area contributed by atoms with Crippen molar-refractivity contribution in [2.24, 2.45) is 0 Å². The van der Waals surface area contributed by atoms with Crippen molar-refractivity contribution in [3.8, 4) is 11.6 Å². The van der Waals surface area contributed by atoms with Crippen LogP contribution in [0.4, 0.5) is 5.69 Å². The van der Waals surface area contributed by atoms with E-state index in [1.165, 1.54) is 0 Å². The maximum Gasteiger partial charge on any atom is 0.349 e. The molecule has 6 nitrogen and oxygen atoms in total. The van der Waals surface area contributed by atoms with Crippen LogP contribution in [0.2, 0.25) is 5.28 Å². The van der Waals surface area contributed by atoms with E-state index in [0.717, 1.165) is 11.8 Å². The van der Waals surface area contributed by atoms with Crippen LogP contribution in [-0.2, 0) is 0 Å². The second kappa shape index (κ2) is 4.97. The summed E-state index contributed by atoms with van der Waals surface area (Å²) in [6, 6.07) is 7.03. The molecule has 7 heteroatoms. The Kier molecular flexibility index (Phi) is 3.38. The predicted octanol–water partition coefficient (Wildman–Crippen LogP) is 3.14. The molecule has 0 aliphatic rings. The highest BCUT2D eigenvalue weighted by Gasteiger charge is 2.19. The lowest BCUT2D eigenvalue weighted by Crippen LogP contribution is -1.97. The first-order chi connectivity index (χ1) is 8.56. The van der Waals surface area contributed by atoms with Gasteiger partial charge in [0.1, 0.15) is 11.9 Å². The number of rotatable bonds is 3. The number of hydrogen-bond acceptors (Lipinski definition) is 5. The average molecular weight is 266 g/mol. The maximum atomic E-state index is 10.8. The lowest BCUT2D eigenvalue weighted by molar-refractivity contribution is -0.386. The van der Waals surface area contributed by atoms with Gasteiger partial charge in [0.05, 0.1) is 4.92 Å². The van der Waals surface area contributed by atoms with Crippen LogP contribution in [0.3, 0.4) is 0 Å². The highest BCUT2D eigenvalue weighted by Crippen LogP contribution is 2.29. The minimum atomic E-state index is -0.625. The lowest BCUT2D eigenvalue weighted by atomic mass is 10.2. The Labute approximate surface area is 107 Å². The summed E-state index contributed by atoms with van der Waals surface area (Å²) < 4.78 is 5.33. The second-order valence-electron chi connectivity index (χ2n) is 3.50. The number of hydrogen-bond donors (Lipinski definition) is 0. The van der Waals surface area contributed by atoms with E-state index in [1.807, 2.05) is 19.1 Å². The Morgan fingerprint density at radius 1 is 1.33 bits per heavy atom. The molecule has 0 saturated heterocycles. The fraction of sp³-hybridized carbons (Fsp3) is 0.0909. The third-order valence-corrected chi connectivity index (χ3v) is 2.32. The van der Waals surface area contributed by atoms with Crippen molar-refractivity contribution in [3.05, 3.63) is 51.4 Å². The molecule has 2 rings (SSSR count). The predicted molar refractivity (Wildman–Crippen MR) is 64.9 cm³/mol. The third-order valence-electron chi connectivity index (χ3n) is 2.14. The van der Waals surface area contributed by atoms with Crippen LogP contribution in [0.5, 0.6) is 11.6 Å². The van der Waals surface area contributed by atoms with Gasteiger partial charge in [-0.1, -0.05) is 17.7 Å². The van der Waals surface area contributed by atoms with Crippen molar-refractivity contribution in [1.82, 2.24) is 9.97 Å². The van der Waals surface area contributed by atoms with Gasteiger partial charge >= 0.3 is 11.6 Å². The summed E-state index contributed by atoms with van der Waals surface area (Å²) in [5, 5.41) is 10.7. The molecular formula is C11H8ClN3O3. The van der Waals surface area contributed by atoms with Gasteiger partial charge in [0.15, 0.2) is 0 Å². The van der Waals surface area contributed by atoms with Gasteiger partial charge < -0.3 is 4.74 Å². The van der Waals surface area contributed by atoms with Gasteiger partial charge in [-0.3, -0.25) is 10.1 Å². The van der Waals surface area contributed by atoms with Crippen LogP contribution in [0.15, 0.2) is 30.5 Å². The van der Waals surface area contributed by atoms with Crippen molar-refractivity contribution < 1.29 is 9.66 Å². The standard InChI is InChI=1S/C11H8ClN3O3/c1-7-2-4-8(5-3-7)18-10-9(15(16)17)6-13-11(12)14-10/h2-6H,1H3. The van der Waals surface area contributed by atoms with Crippen LogP contribution in [0.1, 0.15) is 5.56 Å². The van der Waals surface area contributed by atoms with Gasteiger partial charge in [-0.2, -0.15) is 4.98 Å². The SMILES string of the molecule is Cc1ccc(Oc2nc(Cl)ncc2[N+](=O)[O-])cc1. The smallest absolute Gasteiger partial charge is 0.349 e. The average Bonchev–Trinajstić information content (AvgIpc) is 2.32. The molecule has 0 aliphatic heterocycles. The molecular weight excluding hydrogens is 258 g/mol. The number of ether oxygens (including phenoxy) is 1. The van der Waals surface area contributed by atoms with Crippen molar-refractivity contribution in [2.75, 3.05) is 0 Å². The number of nitrogens with zero attached hydrogens (tertiary/aromatic N) is 3. The number of aryl methyl sites for hydroxylation is 1.